The van der Waals surface area contributed by atoms with Crippen molar-refractivity contribution in [1.29, 1.82) is 0 Å². The van der Waals surface area contributed by atoms with Gasteiger partial charge in [0.2, 0.25) is 0 Å². The Morgan fingerprint density at radius 2 is 1.57 bits per heavy atom. The summed E-state index contributed by atoms with van der Waals surface area (Å²) in [5, 5.41) is 15.9. The van der Waals surface area contributed by atoms with E-state index in [1.807, 2.05) is 67.4 Å². The molecule has 0 unspecified atom stereocenters. The minimum Gasteiger partial charge on any atom is -0.352 e. The Balaban J connectivity index is 1.33. The van der Waals surface area contributed by atoms with E-state index in [0.717, 1.165) is 30.3 Å². The molecule has 2 aromatic heterocycles. The summed E-state index contributed by atoms with van der Waals surface area (Å²) in [5.41, 5.74) is 2.92. The van der Waals surface area contributed by atoms with Gasteiger partial charge in [0.25, 0.3) is 0 Å². The molecule has 8 nitrogen and oxygen atoms in total. The van der Waals surface area contributed by atoms with Crippen LogP contribution in [0.2, 0.25) is 0 Å². The fourth-order valence-corrected chi connectivity index (χ4v) is 3.13. The smallest absolute Gasteiger partial charge is 0.321 e. The summed E-state index contributed by atoms with van der Waals surface area (Å²) in [6.07, 6.45) is 1.87. The van der Waals surface area contributed by atoms with Crippen molar-refractivity contribution in [2.24, 2.45) is 0 Å². The Kier molecular flexibility index (Phi) is 4.92. The molecule has 144 valence electrons. The number of anilines is 2. The maximum atomic E-state index is 12.5. The van der Waals surface area contributed by atoms with Crippen molar-refractivity contribution in [1.82, 2.24) is 24.9 Å². The topological polar surface area (TPSA) is 79.2 Å². The highest BCUT2D eigenvalue weighted by Gasteiger charge is 2.22. The Labute approximate surface area is 163 Å². The number of aryl methyl sites for hydroxylation is 2. The number of carbonyl (C=O) groups is 1. The van der Waals surface area contributed by atoms with E-state index in [4.69, 9.17) is 0 Å². The molecule has 1 aromatic carbocycles. The molecule has 28 heavy (non-hydrogen) atoms. The predicted octanol–water partition coefficient (Wildman–Crippen LogP) is 2.63. The number of carbonyl (C=O) groups excluding carboxylic acids is 1. The summed E-state index contributed by atoms with van der Waals surface area (Å²) in [6.45, 7) is 6.68. The Hall–Kier alpha value is -3.42. The molecule has 3 heterocycles. The van der Waals surface area contributed by atoms with Crippen molar-refractivity contribution in [2.75, 3.05) is 36.4 Å². The molecule has 4 rings (SSSR count). The number of hydrogen-bond acceptors (Lipinski definition) is 5. The third kappa shape index (κ3) is 3.95. The number of aromatic nitrogens is 4. The van der Waals surface area contributed by atoms with Gasteiger partial charge in [0.1, 0.15) is 0 Å². The van der Waals surface area contributed by atoms with E-state index >= 15 is 0 Å². The van der Waals surface area contributed by atoms with E-state index in [9.17, 15) is 4.79 Å². The van der Waals surface area contributed by atoms with Gasteiger partial charge in [0, 0.05) is 38.1 Å². The van der Waals surface area contributed by atoms with Gasteiger partial charge in [-0.2, -0.15) is 5.10 Å². The molecular formula is C20H23N7O. The Morgan fingerprint density at radius 1 is 0.893 bits per heavy atom. The predicted molar refractivity (Wildman–Crippen MR) is 108 cm³/mol. The lowest BCUT2D eigenvalue weighted by molar-refractivity contribution is 0.208. The van der Waals surface area contributed by atoms with E-state index < -0.39 is 0 Å². The summed E-state index contributed by atoms with van der Waals surface area (Å²) in [4.78, 5) is 16.4. The largest absolute Gasteiger partial charge is 0.352 e. The summed E-state index contributed by atoms with van der Waals surface area (Å²) in [7, 11) is 0. The van der Waals surface area contributed by atoms with Crippen molar-refractivity contribution < 1.29 is 4.79 Å². The quantitative estimate of drug-likeness (QED) is 0.759. The highest BCUT2D eigenvalue weighted by atomic mass is 16.2. The van der Waals surface area contributed by atoms with Crippen LogP contribution in [0.25, 0.3) is 5.82 Å². The average molecular weight is 377 g/mol. The van der Waals surface area contributed by atoms with E-state index in [0.29, 0.717) is 18.9 Å². The molecule has 0 spiro atoms. The third-order valence-electron chi connectivity index (χ3n) is 4.79. The van der Waals surface area contributed by atoms with Crippen LogP contribution in [-0.2, 0) is 0 Å². The molecule has 3 aromatic rings. The van der Waals surface area contributed by atoms with Crippen LogP contribution in [-0.4, -0.2) is 57.1 Å². The zero-order valence-electron chi connectivity index (χ0n) is 16.0. The number of benzene rings is 1. The van der Waals surface area contributed by atoms with Gasteiger partial charge in [0.15, 0.2) is 11.6 Å². The summed E-state index contributed by atoms with van der Waals surface area (Å²) in [5.74, 6) is 1.50. The maximum absolute atomic E-state index is 12.5. The van der Waals surface area contributed by atoms with Crippen molar-refractivity contribution in [2.45, 2.75) is 13.8 Å². The van der Waals surface area contributed by atoms with Crippen LogP contribution < -0.4 is 10.2 Å². The molecule has 2 amide bonds. The zero-order chi connectivity index (χ0) is 19.5. The van der Waals surface area contributed by atoms with Crippen molar-refractivity contribution >= 4 is 17.5 Å². The fraction of sp³-hybridized carbons (Fsp3) is 0.300. The first-order valence-corrected chi connectivity index (χ1v) is 9.32. The molecule has 0 saturated carbocycles. The van der Waals surface area contributed by atoms with Crippen molar-refractivity contribution in [3.05, 3.63) is 59.9 Å². The van der Waals surface area contributed by atoms with Gasteiger partial charge < -0.3 is 15.1 Å². The molecule has 0 atom stereocenters. The molecule has 0 radical (unpaired) electrons. The fourth-order valence-electron chi connectivity index (χ4n) is 3.13. The van der Waals surface area contributed by atoms with Crippen molar-refractivity contribution in [3.8, 4) is 5.82 Å². The van der Waals surface area contributed by atoms with Crippen LogP contribution in [0, 0.1) is 13.8 Å². The standard InChI is InChI=1S/C20H23N7O/c1-15-3-5-17(6-4-15)21-20(28)26-13-11-25(12-14-26)18-7-8-19(23-22-18)27-10-9-16(2)24-27/h3-10H,11-14H2,1-2H3,(H,21,28). The van der Waals surface area contributed by atoms with Crippen molar-refractivity contribution in [3.63, 3.8) is 0 Å². The number of hydrogen-bond donors (Lipinski definition) is 1. The highest BCUT2D eigenvalue weighted by Crippen LogP contribution is 2.15. The second-order valence-electron chi connectivity index (χ2n) is 6.92. The lowest BCUT2D eigenvalue weighted by atomic mass is 10.2. The van der Waals surface area contributed by atoms with Crippen LogP contribution in [0.3, 0.4) is 0 Å². The van der Waals surface area contributed by atoms with Crippen LogP contribution in [0.5, 0.6) is 0 Å². The first kappa shape index (κ1) is 18.0. The molecule has 1 fully saturated rings. The molecule has 1 aliphatic heterocycles. The second kappa shape index (κ2) is 7.67. The van der Waals surface area contributed by atoms with Gasteiger partial charge in [0.05, 0.1) is 5.69 Å². The third-order valence-corrected chi connectivity index (χ3v) is 4.79. The lowest BCUT2D eigenvalue weighted by Crippen LogP contribution is -2.50. The SMILES string of the molecule is Cc1ccc(NC(=O)N2CCN(c3ccc(-n4ccc(C)n4)nn3)CC2)cc1. The monoisotopic (exact) mass is 377 g/mol. The van der Waals surface area contributed by atoms with E-state index in [2.05, 4.69) is 25.5 Å². The van der Waals surface area contributed by atoms with Gasteiger partial charge in [-0.1, -0.05) is 17.7 Å². The number of piperazine rings is 1. The number of urea groups is 1. The Morgan fingerprint density at radius 3 is 2.18 bits per heavy atom. The molecular weight excluding hydrogens is 354 g/mol. The van der Waals surface area contributed by atoms with Gasteiger partial charge >= 0.3 is 6.03 Å². The minimum absolute atomic E-state index is 0.0704. The molecule has 0 bridgehead atoms. The average Bonchev–Trinajstić information content (AvgIpc) is 3.16. The van der Waals surface area contributed by atoms with Gasteiger partial charge in [-0.3, -0.25) is 0 Å². The first-order chi connectivity index (χ1) is 13.6. The highest BCUT2D eigenvalue weighted by molar-refractivity contribution is 5.89. The van der Waals surface area contributed by atoms with Gasteiger partial charge in [-0.25, -0.2) is 9.48 Å². The van der Waals surface area contributed by atoms with Crippen LogP contribution in [0.1, 0.15) is 11.3 Å². The Bertz CT molecular complexity index is 941. The van der Waals surface area contributed by atoms with E-state index in [1.54, 1.807) is 4.68 Å². The van der Waals surface area contributed by atoms with Crippen LogP contribution in [0.15, 0.2) is 48.7 Å². The molecule has 0 aliphatic carbocycles. The lowest BCUT2D eigenvalue weighted by Gasteiger charge is -2.35. The number of nitrogens with one attached hydrogen (secondary N) is 1. The molecule has 1 aliphatic rings. The van der Waals surface area contributed by atoms with E-state index in [-0.39, 0.29) is 6.03 Å². The minimum atomic E-state index is -0.0704. The molecule has 8 heteroatoms. The summed E-state index contributed by atoms with van der Waals surface area (Å²) >= 11 is 0. The number of nitrogens with zero attached hydrogens (tertiary/aromatic N) is 6. The van der Waals surface area contributed by atoms with Gasteiger partial charge in [-0.15, -0.1) is 10.2 Å². The van der Waals surface area contributed by atoms with Crippen LogP contribution in [0.4, 0.5) is 16.3 Å². The zero-order valence-corrected chi connectivity index (χ0v) is 16.0. The first-order valence-electron chi connectivity index (χ1n) is 9.32. The number of rotatable bonds is 3. The van der Waals surface area contributed by atoms with Gasteiger partial charge in [-0.05, 0) is 44.2 Å². The summed E-state index contributed by atoms with van der Waals surface area (Å²) in [6, 6.07) is 13.5. The molecule has 1 saturated heterocycles. The normalized spacial score (nSPS) is 14.2. The summed E-state index contributed by atoms with van der Waals surface area (Å²) < 4.78 is 1.71. The second-order valence-corrected chi connectivity index (χ2v) is 6.92. The molecule has 1 N–H and O–H groups in total. The number of amides is 2. The van der Waals surface area contributed by atoms with Crippen LogP contribution >= 0.6 is 0 Å². The maximum Gasteiger partial charge on any atom is 0.321 e. The van der Waals surface area contributed by atoms with E-state index in [1.165, 1.54) is 5.56 Å².